The van der Waals surface area contributed by atoms with Gasteiger partial charge in [-0.2, -0.15) is 0 Å². The van der Waals surface area contributed by atoms with E-state index in [2.05, 4.69) is 5.32 Å². The van der Waals surface area contributed by atoms with E-state index >= 15 is 0 Å². The highest BCUT2D eigenvalue weighted by Gasteiger charge is 2.25. The number of carbonyl (C=O) groups is 1. The smallest absolute Gasteiger partial charge is 0.222 e. The maximum absolute atomic E-state index is 12.3. The van der Waals surface area contributed by atoms with Crippen LogP contribution < -0.4 is 14.8 Å². The minimum absolute atomic E-state index is 0.244. The maximum atomic E-state index is 12.3. The third-order valence-corrected chi connectivity index (χ3v) is 4.21. The summed E-state index contributed by atoms with van der Waals surface area (Å²) in [5, 5.41) is 3.19. The molecule has 0 saturated carbocycles. The molecule has 1 aromatic rings. The summed E-state index contributed by atoms with van der Waals surface area (Å²) in [5.41, 5.74) is 1.09. The minimum Gasteiger partial charge on any atom is -0.493 e. The van der Waals surface area contributed by atoms with Crippen molar-refractivity contribution in [2.45, 2.75) is 19.3 Å². The first kappa shape index (κ1) is 16.6. The van der Waals surface area contributed by atoms with Crippen LogP contribution >= 0.6 is 0 Å². The molecule has 1 aliphatic rings. The molecule has 0 aromatic heterocycles. The number of benzene rings is 1. The van der Waals surface area contributed by atoms with Crippen LogP contribution in [0, 0.1) is 5.92 Å². The highest BCUT2D eigenvalue weighted by molar-refractivity contribution is 5.76. The molecule has 1 unspecified atom stereocenters. The topological polar surface area (TPSA) is 50.8 Å². The van der Waals surface area contributed by atoms with Crippen LogP contribution in [0.2, 0.25) is 0 Å². The summed E-state index contributed by atoms with van der Waals surface area (Å²) < 4.78 is 10.5. The molecule has 5 nitrogen and oxygen atoms in total. The fourth-order valence-electron chi connectivity index (χ4n) is 2.96. The average Bonchev–Trinajstić information content (AvgIpc) is 3.01. The molecule has 1 atom stereocenters. The molecule has 1 saturated heterocycles. The maximum Gasteiger partial charge on any atom is 0.222 e. The average molecular weight is 306 g/mol. The van der Waals surface area contributed by atoms with E-state index in [-0.39, 0.29) is 5.91 Å². The van der Waals surface area contributed by atoms with Crippen molar-refractivity contribution in [2.75, 3.05) is 40.9 Å². The lowest BCUT2D eigenvalue weighted by Gasteiger charge is -2.17. The second-order valence-electron chi connectivity index (χ2n) is 5.74. The second kappa shape index (κ2) is 8.03. The van der Waals surface area contributed by atoms with E-state index in [1.165, 1.54) is 0 Å². The minimum atomic E-state index is 0.244. The number of amides is 1. The first-order valence-electron chi connectivity index (χ1n) is 7.81. The molecule has 1 amide bonds. The zero-order chi connectivity index (χ0) is 15.9. The van der Waals surface area contributed by atoms with Gasteiger partial charge < -0.3 is 19.7 Å². The van der Waals surface area contributed by atoms with Crippen LogP contribution in [0.1, 0.15) is 18.4 Å². The van der Waals surface area contributed by atoms with Crippen molar-refractivity contribution in [1.29, 1.82) is 0 Å². The van der Waals surface area contributed by atoms with E-state index in [0.29, 0.717) is 23.8 Å². The van der Waals surface area contributed by atoms with Crippen molar-refractivity contribution in [3.63, 3.8) is 0 Å². The molecule has 122 valence electrons. The Morgan fingerprint density at radius 2 is 2.09 bits per heavy atom. The van der Waals surface area contributed by atoms with Gasteiger partial charge in [0.25, 0.3) is 0 Å². The SMILES string of the molecule is CNCC1CCN(C(=O)CCc2ccc(OC)c(OC)c2)C1. The van der Waals surface area contributed by atoms with E-state index < -0.39 is 0 Å². The lowest BCUT2D eigenvalue weighted by molar-refractivity contribution is -0.130. The highest BCUT2D eigenvalue weighted by atomic mass is 16.5. The van der Waals surface area contributed by atoms with Crippen LogP contribution in [0.4, 0.5) is 0 Å². The molecule has 2 rings (SSSR count). The summed E-state index contributed by atoms with van der Waals surface area (Å²) in [6.45, 7) is 2.75. The molecule has 0 radical (unpaired) electrons. The summed E-state index contributed by atoms with van der Waals surface area (Å²) in [5.74, 6) is 2.26. The molecule has 1 heterocycles. The molecule has 0 spiro atoms. The van der Waals surface area contributed by atoms with Gasteiger partial charge in [0, 0.05) is 19.5 Å². The zero-order valence-electron chi connectivity index (χ0n) is 13.7. The van der Waals surface area contributed by atoms with Gasteiger partial charge in [-0.25, -0.2) is 0 Å². The molecule has 22 heavy (non-hydrogen) atoms. The molecule has 0 aliphatic carbocycles. The molecule has 1 aliphatic heterocycles. The van der Waals surface area contributed by atoms with E-state index in [0.717, 1.165) is 38.0 Å². The van der Waals surface area contributed by atoms with Crippen molar-refractivity contribution in [3.8, 4) is 11.5 Å². The molecule has 1 N–H and O–H groups in total. The Labute approximate surface area is 132 Å². The lowest BCUT2D eigenvalue weighted by Crippen LogP contribution is -2.30. The fourth-order valence-corrected chi connectivity index (χ4v) is 2.96. The molecule has 1 aromatic carbocycles. The monoisotopic (exact) mass is 306 g/mol. The van der Waals surface area contributed by atoms with Gasteiger partial charge in [-0.05, 0) is 50.0 Å². The largest absolute Gasteiger partial charge is 0.493 e. The summed E-state index contributed by atoms with van der Waals surface area (Å²) in [6.07, 6.45) is 2.37. The van der Waals surface area contributed by atoms with E-state index in [1.807, 2.05) is 30.1 Å². The number of nitrogens with zero attached hydrogens (tertiary/aromatic N) is 1. The van der Waals surface area contributed by atoms with Crippen LogP contribution in [0.3, 0.4) is 0 Å². The van der Waals surface area contributed by atoms with Crippen LogP contribution in [0.15, 0.2) is 18.2 Å². The zero-order valence-corrected chi connectivity index (χ0v) is 13.7. The first-order valence-corrected chi connectivity index (χ1v) is 7.81. The highest BCUT2D eigenvalue weighted by Crippen LogP contribution is 2.28. The lowest BCUT2D eigenvalue weighted by atomic mass is 10.1. The van der Waals surface area contributed by atoms with Crippen molar-refractivity contribution >= 4 is 5.91 Å². The van der Waals surface area contributed by atoms with E-state index in [1.54, 1.807) is 14.2 Å². The molecule has 0 bridgehead atoms. The Kier molecular flexibility index (Phi) is 6.07. The van der Waals surface area contributed by atoms with E-state index in [4.69, 9.17) is 9.47 Å². The Balaban J connectivity index is 1.86. The number of aryl methyl sites for hydroxylation is 1. The third kappa shape index (κ3) is 4.13. The first-order chi connectivity index (χ1) is 10.7. The number of carbonyl (C=O) groups excluding carboxylic acids is 1. The molecular formula is C17H26N2O3. The number of hydrogen-bond donors (Lipinski definition) is 1. The normalized spacial score (nSPS) is 17.6. The summed E-state index contributed by atoms with van der Waals surface area (Å²) in [4.78, 5) is 14.3. The van der Waals surface area contributed by atoms with Gasteiger partial charge >= 0.3 is 0 Å². The van der Waals surface area contributed by atoms with Gasteiger partial charge in [0.15, 0.2) is 11.5 Å². The van der Waals surface area contributed by atoms with Gasteiger partial charge in [-0.15, -0.1) is 0 Å². The predicted octanol–water partition coefficient (Wildman–Crippen LogP) is 1.70. The van der Waals surface area contributed by atoms with Gasteiger partial charge in [0.1, 0.15) is 0 Å². The van der Waals surface area contributed by atoms with Crippen LogP contribution in [0.5, 0.6) is 11.5 Å². The molecular weight excluding hydrogens is 280 g/mol. The van der Waals surface area contributed by atoms with Gasteiger partial charge in [0.2, 0.25) is 5.91 Å². The standard InChI is InChI=1S/C17H26N2O3/c1-18-11-14-8-9-19(12-14)17(20)7-5-13-4-6-15(21-2)16(10-13)22-3/h4,6,10,14,18H,5,7-9,11-12H2,1-3H3. The number of hydrogen-bond acceptors (Lipinski definition) is 4. The van der Waals surface area contributed by atoms with E-state index in [9.17, 15) is 4.79 Å². The quantitative estimate of drug-likeness (QED) is 0.833. The number of likely N-dealkylation sites (tertiary alicyclic amines) is 1. The number of rotatable bonds is 7. The summed E-state index contributed by atoms with van der Waals surface area (Å²) in [7, 11) is 5.20. The van der Waals surface area contributed by atoms with Gasteiger partial charge in [-0.3, -0.25) is 4.79 Å². The molecule has 1 fully saturated rings. The van der Waals surface area contributed by atoms with Crippen LogP contribution in [-0.4, -0.2) is 51.7 Å². The second-order valence-corrected chi connectivity index (χ2v) is 5.74. The Morgan fingerprint density at radius 3 is 2.77 bits per heavy atom. The van der Waals surface area contributed by atoms with Crippen molar-refractivity contribution in [1.82, 2.24) is 10.2 Å². The molecule has 5 heteroatoms. The fraction of sp³-hybridized carbons (Fsp3) is 0.588. The Morgan fingerprint density at radius 1 is 1.32 bits per heavy atom. The summed E-state index contributed by atoms with van der Waals surface area (Å²) in [6, 6.07) is 5.82. The third-order valence-electron chi connectivity index (χ3n) is 4.21. The Bertz CT molecular complexity index is 505. The number of ether oxygens (including phenoxy) is 2. The summed E-state index contributed by atoms with van der Waals surface area (Å²) >= 11 is 0. The van der Waals surface area contributed by atoms with Crippen LogP contribution in [0.25, 0.3) is 0 Å². The van der Waals surface area contributed by atoms with Crippen molar-refractivity contribution < 1.29 is 14.3 Å². The number of nitrogens with one attached hydrogen (secondary N) is 1. The predicted molar refractivity (Wildman–Crippen MR) is 86.5 cm³/mol. The van der Waals surface area contributed by atoms with Gasteiger partial charge in [0.05, 0.1) is 14.2 Å². The van der Waals surface area contributed by atoms with Crippen molar-refractivity contribution in [2.24, 2.45) is 5.92 Å². The Hall–Kier alpha value is -1.75. The van der Waals surface area contributed by atoms with Gasteiger partial charge in [-0.1, -0.05) is 6.07 Å². The van der Waals surface area contributed by atoms with Crippen LogP contribution in [-0.2, 0) is 11.2 Å². The van der Waals surface area contributed by atoms with Crippen molar-refractivity contribution in [3.05, 3.63) is 23.8 Å². The number of methoxy groups -OCH3 is 2.